The Hall–Kier alpha value is -0.830. The summed E-state index contributed by atoms with van der Waals surface area (Å²) in [5.74, 6) is 0.409. The summed E-state index contributed by atoms with van der Waals surface area (Å²) in [7, 11) is 0. The Kier molecular flexibility index (Phi) is 2.06. The molecule has 1 aliphatic heterocycles. The molecular formula is C7H10O3. The van der Waals surface area contributed by atoms with E-state index in [0.29, 0.717) is 12.2 Å². The van der Waals surface area contributed by atoms with Crippen molar-refractivity contribution in [3.05, 3.63) is 11.8 Å². The van der Waals surface area contributed by atoms with Crippen molar-refractivity contribution >= 4 is 5.78 Å². The number of carbonyl (C=O) groups is 1. The number of hydrogen-bond donors (Lipinski definition) is 1. The summed E-state index contributed by atoms with van der Waals surface area (Å²) in [6.07, 6.45) is 1.68. The van der Waals surface area contributed by atoms with Crippen molar-refractivity contribution in [2.75, 3.05) is 6.61 Å². The molecule has 1 aliphatic rings. The van der Waals surface area contributed by atoms with Crippen molar-refractivity contribution in [2.45, 2.75) is 19.4 Å². The summed E-state index contributed by atoms with van der Waals surface area (Å²) in [4.78, 5) is 10.8. The van der Waals surface area contributed by atoms with Crippen LogP contribution in [0.15, 0.2) is 11.8 Å². The van der Waals surface area contributed by atoms with Gasteiger partial charge in [0.05, 0.1) is 0 Å². The Balaban J connectivity index is 2.65. The monoisotopic (exact) mass is 142 g/mol. The van der Waals surface area contributed by atoms with E-state index in [0.717, 1.165) is 0 Å². The molecule has 1 rings (SSSR count). The lowest BCUT2D eigenvalue weighted by Crippen LogP contribution is -2.20. The van der Waals surface area contributed by atoms with Gasteiger partial charge in [-0.3, -0.25) is 4.79 Å². The number of rotatable bonds is 1. The van der Waals surface area contributed by atoms with Crippen molar-refractivity contribution in [1.82, 2.24) is 0 Å². The standard InChI is InChI=1S/C7H10O3/c1-5-2-6(9)3-7(4-8)10-5/h3,5,8H,2,4H2,1H3. The minimum Gasteiger partial charge on any atom is -0.492 e. The van der Waals surface area contributed by atoms with E-state index in [2.05, 4.69) is 0 Å². The summed E-state index contributed by atoms with van der Waals surface area (Å²) in [6, 6.07) is 0. The van der Waals surface area contributed by atoms with Crippen molar-refractivity contribution in [3.8, 4) is 0 Å². The first-order chi connectivity index (χ1) is 4.72. The lowest BCUT2D eigenvalue weighted by Gasteiger charge is -2.18. The molecule has 0 fully saturated rings. The zero-order valence-corrected chi connectivity index (χ0v) is 5.83. The molecule has 0 aromatic carbocycles. The molecule has 1 unspecified atom stereocenters. The third kappa shape index (κ3) is 1.57. The average molecular weight is 142 g/mol. The molecule has 56 valence electrons. The molecule has 3 nitrogen and oxygen atoms in total. The normalized spacial score (nSPS) is 25.6. The van der Waals surface area contributed by atoms with E-state index >= 15 is 0 Å². The molecule has 0 spiro atoms. The van der Waals surface area contributed by atoms with E-state index in [9.17, 15) is 4.79 Å². The molecule has 0 saturated carbocycles. The number of hydrogen-bond acceptors (Lipinski definition) is 3. The smallest absolute Gasteiger partial charge is 0.162 e. The molecular weight excluding hydrogens is 132 g/mol. The fourth-order valence-electron chi connectivity index (χ4n) is 0.939. The zero-order valence-electron chi connectivity index (χ0n) is 5.83. The predicted octanol–water partition coefficient (Wildman–Crippen LogP) is 0.240. The summed E-state index contributed by atoms with van der Waals surface area (Å²) in [5.41, 5.74) is 0. The summed E-state index contributed by atoms with van der Waals surface area (Å²) >= 11 is 0. The molecule has 0 amide bonds. The zero-order chi connectivity index (χ0) is 7.56. The number of allylic oxidation sites excluding steroid dienone is 1. The first kappa shape index (κ1) is 7.28. The fraction of sp³-hybridized carbons (Fsp3) is 0.571. The first-order valence-electron chi connectivity index (χ1n) is 3.23. The maximum Gasteiger partial charge on any atom is 0.162 e. The van der Waals surface area contributed by atoms with Crippen LogP contribution in [0.1, 0.15) is 13.3 Å². The molecule has 0 saturated heterocycles. The van der Waals surface area contributed by atoms with Gasteiger partial charge in [-0.25, -0.2) is 0 Å². The van der Waals surface area contributed by atoms with E-state index in [1.165, 1.54) is 6.08 Å². The van der Waals surface area contributed by atoms with E-state index in [1.54, 1.807) is 6.92 Å². The van der Waals surface area contributed by atoms with Gasteiger partial charge in [0.2, 0.25) is 0 Å². The van der Waals surface area contributed by atoms with Gasteiger partial charge in [0.1, 0.15) is 18.5 Å². The SMILES string of the molecule is CC1CC(=O)C=C(CO)O1. The van der Waals surface area contributed by atoms with Gasteiger partial charge in [-0.1, -0.05) is 0 Å². The fourth-order valence-corrected chi connectivity index (χ4v) is 0.939. The van der Waals surface area contributed by atoms with Crippen LogP contribution in [0.4, 0.5) is 0 Å². The third-order valence-electron chi connectivity index (χ3n) is 1.32. The van der Waals surface area contributed by atoms with Gasteiger partial charge < -0.3 is 9.84 Å². The Bertz CT molecular complexity index is 172. The van der Waals surface area contributed by atoms with Crippen LogP contribution in [0.25, 0.3) is 0 Å². The molecule has 0 aliphatic carbocycles. The second-order valence-corrected chi connectivity index (χ2v) is 2.37. The highest BCUT2D eigenvalue weighted by Crippen LogP contribution is 2.12. The minimum atomic E-state index is -0.184. The summed E-state index contributed by atoms with van der Waals surface area (Å²) in [5, 5.41) is 8.58. The van der Waals surface area contributed by atoms with E-state index < -0.39 is 0 Å². The Morgan fingerprint density at radius 1 is 1.90 bits per heavy atom. The average Bonchev–Trinajstić information content (AvgIpc) is 1.85. The van der Waals surface area contributed by atoms with E-state index in [-0.39, 0.29) is 18.5 Å². The lowest BCUT2D eigenvalue weighted by atomic mass is 10.1. The molecule has 0 aromatic heterocycles. The molecule has 1 atom stereocenters. The van der Waals surface area contributed by atoms with Crippen molar-refractivity contribution in [3.63, 3.8) is 0 Å². The summed E-state index contributed by atoms with van der Waals surface area (Å²) < 4.78 is 5.10. The summed E-state index contributed by atoms with van der Waals surface area (Å²) in [6.45, 7) is 1.62. The molecule has 1 heterocycles. The number of ether oxygens (including phenoxy) is 1. The third-order valence-corrected chi connectivity index (χ3v) is 1.32. The number of aliphatic hydroxyl groups excluding tert-OH is 1. The molecule has 0 bridgehead atoms. The highest BCUT2D eigenvalue weighted by Gasteiger charge is 2.16. The number of carbonyl (C=O) groups excluding carboxylic acids is 1. The maximum atomic E-state index is 10.8. The van der Waals surface area contributed by atoms with Crippen LogP contribution in [0, 0.1) is 0 Å². The Morgan fingerprint density at radius 3 is 3.10 bits per heavy atom. The van der Waals surface area contributed by atoms with E-state index in [4.69, 9.17) is 9.84 Å². The van der Waals surface area contributed by atoms with Crippen LogP contribution in [0.3, 0.4) is 0 Å². The van der Waals surface area contributed by atoms with Gasteiger partial charge in [0, 0.05) is 12.5 Å². The van der Waals surface area contributed by atoms with Gasteiger partial charge in [-0.05, 0) is 6.92 Å². The van der Waals surface area contributed by atoms with Gasteiger partial charge in [-0.15, -0.1) is 0 Å². The Morgan fingerprint density at radius 2 is 2.60 bits per heavy atom. The van der Waals surface area contributed by atoms with Crippen LogP contribution in [-0.4, -0.2) is 23.6 Å². The van der Waals surface area contributed by atoms with Crippen molar-refractivity contribution in [1.29, 1.82) is 0 Å². The lowest BCUT2D eigenvalue weighted by molar-refractivity contribution is -0.118. The molecule has 10 heavy (non-hydrogen) atoms. The van der Waals surface area contributed by atoms with Crippen LogP contribution < -0.4 is 0 Å². The van der Waals surface area contributed by atoms with Crippen molar-refractivity contribution < 1.29 is 14.6 Å². The van der Waals surface area contributed by atoms with Crippen LogP contribution in [0.5, 0.6) is 0 Å². The maximum absolute atomic E-state index is 10.8. The number of ketones is 1. The van der Waals surface area contributed by atoms with Crippen LogP contribution in [0.2, 0.25) is 0 Å². The highest BCUT2D eigenvalue weighted by molar-refractivity contribution is 5.91. The minimum absolute atomic E-state index is 0.0304. The van der Waals surface area contributed by atoms with Gasteiger partial charge in [0.15, 0.2) is 5.78 Å². The van der Waals surface area contributed by atoms with Crippen LogP contribution >= 0.6 is 0 Å². The highest BCUT2D eigenvalue weighted by atomic mass is 16.5. The second kappa shape index (κ2) is 2.84. The largest absolute Gasteiger partial charge is 0.492 e. The molecule has 0 radical (unpaired) electrons. The molecule has 3 heteroatoms. The second-order valence-electron chi connectivity index (χ2n) is 2.37. The quantitative estimate of drug-likeness (QED) is 0.570. The molecule has 1 N–H and O–H groups in total. The van der Waals surface area contributed by atoms with Crippen molar-refractivity contribution in [2.24, 2.45) is 0 Å². The van der Waals surface area contributed by atoms with Gasteiger partial charge >= 0.3 is 0 Å². The van der Waals surface area contributed by atoms with Gasteiger partial charge in [0.25, 0.3) is 0 Å². The number of aliphatic hydroxyl groups is 1. The van der Waals surface area contributed by atoms with Gasteiger partial charge in [-0.2, -0.15) is 0 Å². The molecule has 0 aromatic rings. The Labute approximate surface area is 59.3 Å². The predicted molar refractivity (Wildman–Crippen MR) is 35.3 cm³/mol. The first-order valence-corrected chi connectivity index (χ1v) is 3.23. The van der Waals surface area contributed by atoms with Crippen LogP contribution in [-0.2, 0) is 9.53 Å². The van der Waals surface area contributed by atoms with E-state index in [1.807, 2.05) is 0 Å². The topological polar surface area (TPSA) is 46.5 Å².